The molecule has 92 valence electrons. The third-order valence-corrected chi connectivity index (χ3v) is 3.65. The van der Waals surface area contributed by atoms with Gasteiger partial charge in [-0.15, -0.1) is 0 Å². The summed E-state index contributed by atoms with van der Waals surface area (Å²) < 4.78 is 2.44. The number of urea groups is 1. The zero-order valence-corrected chi connectivity index (χ0v) is 11.6. The first-order valence-electron chi connectivity index (χ1n) is 5.49. The molecule has 2 rings (SSSR count). The van der Waals surface area contributed by atoms with Crippen LogP contribution < -0.4 is 0 Å². The van der Waals surface area contributed by atoms with Gasteiger partial charge in [0.25, 0.3) is 17.8 Å². The first-order valence-corrected chi connectivity index (χ1v) is 6.28. The normalized spacial score (nSPS) is 24.5. The lowest BCUT2D eigenvalue weighted by Gasteiger charge is -2.32. The van der Waals surface area contributed by atoms with Gasteiger partial charge in [-0.3, -0.25) is 14.6 Å². The number of hydrogen-bond acceptors (Lipinski definition) is 3. The lowest BCUT2D eigenvalue weighted by atomic mass is 10.1. The molecule has 0 spiro atoms. The van der Waals surface area contributed by atoms with E-state index < -0.39 is 6.04 Å². The summed E-state index contributed by atoms with van der Waals surface area (Å²) in [6.07, 6.45) is 0. The highest BCUT2D eigenvalue weighted by Gasteiger charge is 2.52. The van der Waals surface area contributed by atoms with Crippen molar-refractivity contribution in [2.75, 3.05) is 20.1 Å². The summed E-state index contributed by atoms with van der Waals surface area (Å²) in [5.41, 5.74) is 0. The number of halogens is 1. The molecule has 2 heterocycles. The largest absolute Gasteiger partial charge is 0.364 e. The lowest BCUT2D eigenvalue weighted by Crippen LogP contribution is -2.62. The lowest BCUT2D eigenvalue weighted by molar-refractivity contribution is -0.529. The maximum atomic E-state index is 12.2. The Bertz CT molecular complexity index is 457. The molecule has 0 aromatic carbocycles. The number of carbonyl (C=O) groups excluding carboxylic acids is 2. The molecule has 0 aliphatic carbocycles. The van der Waals surface area contributed by atoms with E-state index in [1.807, 2.05) is 11.5 Å². The maximum absolute atomic E-state index is 12.2. The first kappa shape index (κ1) is 12.2. The van der Waals surface area contributed by atoms with Crippen LogP contribution in [0.25, 0.3) is 0 Å². The molecule has 2 aliphatic heterocycles. The molecule has 0 aromatic heterocycles. The number of hydrogen-bond donors (Lipinski definition) is 0. The molecule has 0 saturated carbocycles. The minimum absolute atomic E-state index is 0.203. The number of imide groups is 1. The van der Waals surface area contributed by atoms with Gasteiger partial charge in [0.05, 0.1) is 22.5 Å². The monoisotopic (exact) mass is 301 g/mol. The highest BCUT2D eigenvalue weighted by atomic mass is 79.9. The van der Waals surface area contributed by atoms with Gasteiger partial charge in [0, 0.05) is 13.6 Å². The smallest absolute Gasteiger partial charge is 0.269 e. The quantitative estimate of drug-likeness (QED) is 0.550. The van der Waals surface area contributed by atoms with E-state index in [1.165, 1.54) is 9.80 Å². The first-order chi connectivity index (χ1) is 8.02. The van der Waals surface area contributed by atoms with Crippen molar-refractivity contribution in [2.24, 2.45) is 4.99 Å². The van der Waals surface area contributed by atoms with Crippen molar-refractivity contribution >= 4 is 38.4 Å². The van der Waals surface area contributed by atoms with E-state index in [0.717, 1.165) is 0 Å². The molecule has 17 heavy (non-hydrogen) atoms. The Morgan fingerprint density at radius 1 is 1.41 bits per heavy atom. The van der Waals surface area contributed by atoms with Gasteiger partial charge < -0.3 is 0 Å². The van der Waals surface area contributed by atoms with Crippen LogP contribution in [0.3, 0.4) is 0 Å². The highest BCUT2D eigenvalue weighted by Crippen LogP contribution is 2.20. The third-order valence-electron chi connectivity index (χ3n) is 3.02. The van der Waals surface area contributed by atoms with Crippen LogP contribution in [0.5, 0.6) is 0 Å². The van der Waals surface area contributed by atoms with Gasteiger partial charge in [0.1, 0.15) is 0 Å². The molecular weight excluding hydrogens is 288 g/mol. The van der Waals surface area contributed by atoms with Gasteiger partial charge >= 0.3 is 10.8 Å². The molecule has 7 heteroatoms. The number of carbonyl (C=O) groups is 2. The van der Waals surface area contributed by atoms with E-state index in [-0.39, 0.29) is 11.9 Å². The summed E-state index contributed by atoms with van der Waals surface area (Å²) >= 11 is 3.32. The Balaban J connectivity index is 2.46. The Morgan fingerprint density at radius 2 is 2.06 bits per heavy atom. The average Bonchev–Trinajstić information content (AvgIpc) is 2.64. The Morgan fingerprint density at radius 3 is 2.59 bits per heavy atom. The maximum Gasteiger partial charge on any atom is 0.364 e. The number of aliphatic imine (C=N–C) groups is 1. The molecule has 0 radical (unpaired) electrons. The van der Waals surface area contributed by atoms with Gasteiger partial charge in [0.2, 0.25) is 0 Å². The van der Waals surface area contributed by atoms with Crippen molar-refractivity contribution in [3.63, 3.8) is 0 Å². The highest BCUT2D eigenvalue weighted by molar-refractivity contribution is 9.18. The van der Waals surface area contributed by atoms with Crippen LogP contribution in [0.15, 0.2) is 4.99 Å². The SMILES string of the molecule is CCN1C(=O)C2C(=NC(Br)=[N+]2CC)N(C)C1=O. The molecule has 1 unspecified atom stereocenters. The Labute approximate surface area is 108 Å². The molecule has 1 fully saturated rings. The van der Waals surface area contributed by atoms with Crippen LogP contribution in [-0.4, -0.2) is 63.1 Å². The zero-order chi connectivity index (χ0) is 12.7. The summed E-state index contributed by atoms with van der Waals surface area (Å²) in [6, 6.07) is -0.789. The number of fused-ring (bicyclic) bond motifs is 1. The van der Waals surface area contributed by atoms with Crippen LogP contribution in [0.2, 0.25) is 0 Å². The second-order valence-corrected chi connectivity index (χ2v) is 4.56. The van der Waals surface area contributed by atoms with Gasteiger partial charge in [0.15, 0.2) is 0 Å². The van der Waals surface area contributed by atoms with Crippen molar-refractivity contribution in [1.29, 1.82) is 0 Å². The summed E-state index contributed by atoms with van der Waals surface area (Å²) in [7, 11) is 1.64. The minimum Gasteiger partial charge on any atom is -0.269 e. The third kappa shape index (κ3) is 1.60. The number of nitrogens with zero attached hydrogens (tertiary/aromatic N) is 4. The van der Waals surface area contributed by atoms with Crippen LogP contribution in [-0.2, 0) is 4.79 Å². The topological polar surface area (TPSA) is 56.0 Å². The van der Waals surface area contributed by atoms with Crippen LogP contribution >= 0.6 is 15.9 Å². The summed E-state index contributed by atoms with van der Waals surface area (Å²) in [4.78, 5) is 31.1. The minimum atomic E-state index is -0.475. The van der Waals surface area contributed by atoms with Crippen molar-refractivity contribution in [3.05, 3.63) is 0 Å². The van der Waals surface area contributed by atoms with Crippen molar-refractivity contribution in [2.45, 2.75) is 19.9 Å². The Hall–Kier alpha value is -1.24. The molecule has 3 amide bonds. The number of amidine groups is 2. The standard InChI is InChI=1S/C10H14BrN4O2/c1-4-14-6-7(12-9(14)11)13(3)10(17)15(5-2)8(6)16/h6H,4-5H2,1-3H3/q+1. The van der Waals surface area contributed by atoms with Crippen molar-refractivity contribution < 1.29 is 14.2 Å². The van der Waals surface area contributed by atoms with Crippen molar-refractivity contribution in [3.8, 4) is 0 Å². The molecule has 1 atom stereocenters. The molecule has 1 saturated heterocycles. The number of rotatable bonds is 2. The molecule has 0 bridgehead atoms. The molecule has 0 aromatic rings. The van der Waals surface area contributed by atoms with Crippen LogP contribution in [0.1, 0.15) is 13.8 Å². The van der Waals surface area contributed by atoms with Gasteiger partial charge in [-0.1, -0.05) is 0 Å². The second-order valence-electron chi connectivity index (χ2n) is 3.85. The number of likely N-dealkylation sites (N-methyl/N-ethyl adjacent to an activating group) is 3. The van der Waals surface area contributed by atoms with Gasteiger partial charge in [-0.25, -0.2) is 9.37 Å². The molecule has 0 N–H and O–H groups in total. The average molecular weight is 302 g/mol. The van der Waals surface area contributed by atoms with E-state index in [2.05, 4.69) is 20.9 Å². The predicted octanol–water partition coefficient (Wildman–Crippen LogP) is 0.464. The van der Waals surface area contributed by atoms with Gasteiger partial charge in [-0.2, -0.15) is 0 Å². The summed E-state index contributed by atoms with van der Waals surface area (Å²) in [5.74, 6) is 0.295. The van der Waals surface area contributed by atoms with E-state index >= 15 is 0 Å². The Kier molecular flexibility index (Phi) is 3.03. The predicted molar refractivity (Wildman–Crippen MR) is 66.5 cm³/mol. The van der Waals surface area contributed by atoms with Crippen LogP contribution in [0.4, 0.5) is 4.79 Å². The molecular formula is C10H14BrN4O2+. The fourth-order valence-electron chi connectivity index (χ4n) is 2.09. The van der Waals surface area contributed by atoms with E-state index in [1.54, 1.807) is 14.0 Å². The fourth-order valence-corrected chi connectivity index (χ4v) is 2.73. The number of amides is 3. The zero-order valence-electron chi connectivity index (χ0n) is 9.97. The van der Waals surface area contributed by atoms with Crippen LogP contribution in [0, 0.1) is 0 Å². The van der Waals surface area contributed by atoms with E-state index in [9.17, 15) is 9.59 Å². The summed E-state index contributed by atoms with van der Waals surface area (Å²) in [6.45, 7) is 4.76. The van der Waals surface area contributed by atoms with E-state index in [4.69, 9.17) is 0 Å². The van der Waals surface area contributed by atoms with E-state index in [0.29, 0.717) is 23.7 Å². The van der Waals surface area contributed by atoms with Gasteiger partial charge in [-0.05, 0) is 18.8 Å². The second kappa shape index (κ2) is 4.21. The molecule has 2 aliphatic rings. The van der Waals surface area contributed by atoms with Crippen molar-refractivity contribution in [1.82, 2.24) is 9.80 Å². The molecule has 6 nitrogen and oxygen atoms in total. The summed E-state index contributed by atoms with van der Waals surface area (Å²) in [5, 5.41) is 0. The fraction of sp³-hybridized carbons (Fsp3) is 0.600.